The van der Waals surface area contributed by atoms with E-state index in [0.29, 0.717) is 17.3 Å². The van der Waals surface area contributed by atoms with E-state index in [4.69, 9.17) is 16.3 Å². The Kier molecular flexibility index (Phi) is 7.13. The molecule has 1 amide bonds. The summed E-state index contributed by atoms with van der Waals surface area (Å²) in [5, 5.41) is 1.50. The van der Waals surface area contributed by atoms with Gasteiger partial charge in [-0.3, -0.25) is 4.79 Å². The minimum atomic E-state index is -0.00146. The molecule has 3 nitrogen and oxygen atoms in total. The highest BCUT2D eigenvalue weighted by molar-refractivity contribution is 9.09. The van der Waals surface area contributed by atoms with Crippen LogP contribution in [0.2, 0.25) is 5.02 Å². The second kappa shape index (κ2) is 8.38. The third-order valence-corrected chi connectivity index (χ3v) is 3.25. The zero-order valence-corrected chi connectivity index (χ0v) is 12.7. The van der Waals surface area contributed by atoms with Crippen LogP contribution in [0.1, 0.15) is 13.3 Å². The fraction of sp³-hybridized carbons (Fsp3) is 0.462. The van der Waals surface area contributed by atoms with E-state index in [1.54, 1.807) is 29.2 Å². The second-order valence-corrected chi connectivity index (χ2v) is 4.99. The Hall–Kier alpha value is -0.740. The molecule has 0 saturated heterocycles. The largest absolute Gasteiger partial charge is 0.484 e. The maximum atomic E-state index is 11.9. The summed E-state index contributed by atoms with van der Waals surface area (Å²) < 4.78 is 5.42. The van der Waals surface area contributed by atoms with E-state index in [0.717, 1.165) is 18.3 Å². The van der Waals surface area contributed by atoms with Crippen molar-refractivity contribution in [3.05, 3.63) is 29.3 Å². The van der Waals surface area contributed by atoms with Gasteiger partial charge in [0, 0.05) is 23.4 Å². The number of benzene rings is 1. The Bertz CT molecular complexity index is 387. The van der Waals surface area contributed by atoms with Gasteiger partial charge in [0.15, 0.2) is 6.61 Å². The lowest BCUT2D eigenvalue weighted by Gasteiger charge is -2.20. The second-order valence-electron chi connectivity index (χ2n) is 3.76. The van der Waals surface area contributed by atoms with Crippen molar-refractivity contribution >= 4 is 33.4 Å². The molecule has 5 heteroatoms. The van der Waals surface area contributed by atoms with Crippen molar-refractivity contribution in [3.8, 4) is 5.75 Å². The van der Waals surface area contributed by atoms with Crippen LogP contribution >= 0.6 is 27.5 Å². The molecule has 0 aromatic heterocycles. The van der Waals surface area contributed by atoms with Gasteiger partial charge in [0.25, 0.3) is 5.91 Å². The van der Waals surface area contributed by atoms with Gasteiger partial charge >= 0.3 is 0 Å². The van der Waals surface area contributed by atoms with Gasteiger partial charge in [-0.1, -0.05) is 33.6 Å². The highest BCUT2D eigenvalue weighted by Crippen LogP contribution is 2.17. The summed E-state index contributed by atoms with van der Waals surface area (Å²) in [7, 11) is 0. The first-order chi connectivity index (χ1) is 8.67. The van der Waals surface area contributed by atoms with Crippen LogP contribution in [0, 0.1) is 0 Å². The van der Waals surface area contributed by atoms with Gasteiger partial charge in [-0.2, -0.15) is 0 Å². The van der Waals surface area contributed by atoms with Gasteiger partial charge in [0.05, 0.1) is 0 Å². The summed E-state index contributed by atoms with van der Waals surface area (Å²) in [6.45, 7) is 3.46. The standard InChI is InChI=1S/C13H17BrClNO2/c1-2-16(8-4-7-14)13(17)10-18-12-6-3-5-11(15)9-12/h3,5-6,9H,2,4,7-8,10H2,1H3. The van der Waals surface area contributed by atoms with Crippen LogP contribution in [0.3, 0.4) is 0 Å². The van der Waals surface area contributed by atoms with Crippen molar-refractivity contribution in [1.82, 2.24) is 4.90 Å². The molecule has 0 spiro atoms. The zero-order valence-electron chi connectivity index (χ0n) is 10.4. The predicted octanol–water partition coefficient (Wildman–Crippen LogP) is 3.35. The van der Waals surface area contributed by atoms with Gasteiger partial charge < -0.3 is 9.64 Å². The molecule has 0 aliphatic carbocycles. The third kappa shape index (κ3) is 5.27. The van der Waals surface area contributed by atoms with Crippen molar-refractivity contribution in [2.24, 2.45) is 0 Å². The zero-order chi connectivity index (χ0) is 13.4. The number of rotatable bonds is 7. The molecule has 0 aliphatic rings. The van der Waals surface area contributed by atoms with Gasteiger partial charge in [0.2, 0.25) is 0 Å². The first-order valence-corrected chi connectivity index (χ1v) is 7.39. The number of halogens is 2. The molecule has 0 N–H and O–H groups in total. The van der Waals surface area contributed by atoms with E-state index in [2.05, 4.69) is 15.9 Å². The molecule has 0 heterocycles. The summed E-state index contributed by atoms with van der Waals surface area (Å²) >= 11 is 9.19. The maximum absolute atomic E-state index is 11.9. The number of nitrogens with zero attached hydrogens (tertiary/aromatic N) is 1. The Morgan fingerprint density at radius 3 is 2.89 bits per heavy atom. The summed E-state index contributed by atoms with van der Waals surface area (Å²) in [6.07, 6.45) is 0.941. The average Bonchev–Trinajstić information content (AvgIpc) is 2.37. The van der Waals surface area contributed by atoms with Crippen molar-refractivity contribution < 1.29 is 9.53 Å². The molecule has 1 rings (SSSR count). The van der Waals surface area contributed by atoms with E-state index in [9.17, 15) is 4.79 Å². The van der Waals surface area contributed by atoms with Crippen LogP contribution in [-0.4, -0.2) is 35.8 Å². The van der Waals surface area contributed by atoms with E-state index in [-0.39, 0.29) is 12.5 Å². The molecular formula is C13H17BrClNO2. The van der Waals surface area contributed by atoms with E-state index in [1.165, 1.54) is 0 Å². The number of carbonyl (C=O) groups excluding carboxylic acids is 1. The third-order valence-electron chi connectivity index (χ3n) is 2.45. The summed E-state index contributed by atoms with van der Waals surface area (Å²) in [4.78, 5) is 13.7. The van der Waals surface area contributed by atoms with Gasteiger partial charge in [-0.25, -0.2) is 0 Å². The molecule has 100 valence electrons. The summed E-state index contributed by atoms with van der Waals surface area (Å²) in [6, 6.07) is 7.05. The summed E-state index contributed by atoms with van der Waals surface area (Å²) in [5.74, 6) is 0.617. The van der Waals surface area contributed by atoms with E-state index < -0.39 is 0 Å². The minimum absolute atomic E-state index is 0.00146. The molecule has 0 fully saturated rings. The molecule has 1 aromatic rings. The summed E-state index contributed by atoms with van der Waals surface area (Å²) in [5.41, 5.74) is 0. The Balaban J connectivity index is 2.44. The van der Waals surface area contributed by atoms with Crippen molar-refractivity contribution in [3.63, 3.8) is 0 Å². The lowest BCUT2D eigenvalue weighted by molar-refractivity contribution is -0.133. The maximum Gasteiger partial charge on any atom is 0.260 e. The molecule has 0 saturated carbocycles. The van der Waals surface area contributed by atoms with Crippen LogP contribution in [-0.2, 0) is 4.79 Å². The van der Waals surface area contributed by atoms with Crippen LogP contribution < -0.4 is 4.74 Å². The van der Waals surface area contributed by atoms with Crippen molar-refractivity contribution in [1.29, 1.82) is 0 Å². The smallest absolute Gasteiger partial charge is 0.260 e. The number of carbonyl (C=O) groups is 1. The predicted molar refractivity (Wildman–Crippen MR) is 77.6 cm³/mol. The quantitative estimate of drug-likeness (QED) is 0.716. The SMILES string of the molecule is CCN(CCCBr)C(=O)COc1cccc(Cl)c1. The molecule has 0 radical (unpaired) electrons. The van der Waals surface area contributed by atoms with Gasteiger partial charge in [0.1, 0.15) is 5.75 Å². The number of alkyl halides is 1. The molecule has 0 unspecified atom stereocenters. The topological polar surface area (TPSA) is 29.5 Å². The minimum Gasteiger partial charge on any atom is -0.484 e. The lowest BCUT2D eigenvalue weighted by Crippen LogP contribution is -2.35. The highest BCUT2D eigenvalue weighted by atomic mass is 79.9. The molecular weight excluding hydrogens is 318 g/mol. The molecule has 1 aromatic carbocycles. The average molecular weight is 335 g/mol. The van der Waals surface area contributed by atoms with Crippen LogP contribution in [0.4, 0.5) is 0 Å². The van der Waals surface area contributed by atoms with Crippen molar-refractivity contribution in [2.45, 2.75) is 13.3 Å². The molecule has 0 aliphatic heterocycles. The number of amides is 1. The van der Waals surface area contributed by atoms with Crippen LogP contribution in [0.15, 0.2) is 24.3 Å². The van der Waals surface area contributed by atoms with E-state index in [1.807, 2.05) is 6.92 Å². The fourth-order valence-corrected chi connectivity index (χ4v) is 1.93. The number of hydrogen-bond donors (Lipinski definition) is 0. The Morgan fingerprint density at radius 1 is 1.50 bits per heavy atom. The Labute approximate surface area is 121 Å². The first kappa shape index (κ1) is 15.3. The highest BCUT2D eigenvalue weighted by Gasteiger charge is 2.11. The van der Waals surface area contributed by atoms with Gasteiger partial charge in [-0.05, 0) is 31.5 Å². The normalized spacial score (nSPS) is 10.2. The molecule has 0 atom stereocenters. The first-order valence-electron chi connectivity index (χ1n) is 5.89. The number of hydrogen-bond acceptors (Lipinski definition) is 2. The van der Waals surface area contributed by atoms with Crippen LogP contribution in [0.25, 0.3) is 0 Å². The lowest BCUT2D eigenvalue weighted by atomic mass is 10.3. The fourth-order valence-electron chi connectivity index (χ4n) is 1.50. The van der Waals surface area contributed by atoms with E-state index >= 15 is 0 Å². The van der Waals surface area contributed by atoms with Crippen LogP contribution in [0.5, 0.6) is 5.75 Å². The molecule has 18 heavy (non-hydrogen) atoms. The Morgan fingerprint density at radius 2 is 2.28 bits per heavy atom. The molecule has 0 bridgehead atoms. The number of likely N-dealkylation sites (N-methyl/N-ethyl adjacent to an activating group) is 1. The number of ether oxygens (including phenoxy) is 1. The monoisotopic (exact) mass is 333 g/mol. The van der Waals surface area contributed by atoms with Crippen molar-refractivity contribution in [2.75, 3.05) is 25.0 Å². The van der Waals surface area contributed by atoms with Gasteiger partial charge in [-0.15, -0.1) is 0 Å².